The normalized spacial score (nSPS) is 17.0. The van der Waals surface area contributed by atoms with Gasteiger partial charge >= 0.3 is 11.9 Å². The number of rotatable bonds is 7. The van der Waals surface area contributed by atoms with Crippen molar-refractivity contribution in [3.8, 4) is 6.07 Å². The summed E-state index contributed by atoms with van der Waals surface area (Å²) in [7, 11) is 2.41. The predicted octanol–water partition coefficient (Wildman–Crippen LogP) is 3.20. The number of methoxy groups -OCH3 is 2. The average Bonchev–Trinajstić information content (AvgIpc) is 2.88. The van der Waals surface area contributed by atoms with Crippen LogP contribution in [0.4, 0.5) is 5.69 Å². The molecule has 10 heteroatoms. The van der Waals surface area contributed by atoms with Crippen LogP contribution in [0.2, 0.25) is 0 Å². The number of anilines is 1. The molecule has 2 aromatic rings. The summed E-state index contributed by atoms with van der Waals surface area (Å²) in [6.45, 7) is 3.91. The Morgan fingerprint density at radius 1 is 1.06 bits per heavy atom. The molecule has 0 saturated heterocycles. The molecule has 0 unspecified atom stereocenters. The van der Waals surface area contributed by atoms with Crippen LogP contribution in [-0.2, 0) is 23.9 Å². The monoisotopic (exact) mass is 507 g/mol. The molecule has 0 saturated carbocycles. The number of nitrogens with zero attached hydrogens (tertiary/aromatic N) is 1. The Bertz CT molecular complexity index is 1280. The topological polar surface area (TPSA) is 135 Å². The van der Waals surface area contributed by atoms with Crippen molar-refractivity contribution in [2.75, 3.05) is 25.3 Å². The Kier molecular flexibility index (Phi) is 8.51. The van der Waals surface area contributed by atoms with Gasteiger partial charge in [0.1, 0.15) is 5.92 Å². The van der Waals surface area contributed by atoms with Gasteiger partial charge in [-0.15, -0.1) is 0 Å². The number of allylic oxidation sites excluding steroid dienone is 1. The number of hydrogen-bond donors (Lipinski definition) is 2. The third-order valence-corrected chi connectivity index (χ3v) is 6.83. The second-order valence-corrected chi connectivity index (χ2v) is 9.06. The average molecular weight is 508 g/mol. The summed E-state index contributed by atoms with van der Waals surface area (Å²) in [5.74, 6) is -4.69. The van der Waals surface area contributed by atoms with Gasteiger partial charge in [-0.2, -0.15) is 5.26 Å². The highest BCUT2D eigenvalue weighted by Gasteiger charge is 2.44. The molecule has 0 radical (unpaired) electrons. The largest absolute Gasteiger partial charge is 0.468 e. The maximum Gasteiger partial charge on any atom is 0.337 e. The van der Waals surface area contributed by atoms with Gasteiger partial charge in [0.15, 0.2) is 0 Å². The zero-order valence-corrected chi connectivity index (χ0v) is 21.0. The van der Waals surface area contributed by atoms with Crippen LogP contribution in [0.5, 0.6) is 0 Å². The Hall–Kier alpha value is -4.10. The lowest BCUT2D eigenvalue weighted by Gasteiger charge is -2.31. The van der Waals surface area contributed by atoms with Gasteiger partial charge < -0.3 is 20.1 Å². The van der Waals surface area contributed by atoms with Gasteiger partial charge in [-0.25, -0.2) is 4.79 Å². The summed E-state index contributed by atoms with van der Waals surface area (Å²) in [6, 6.07) is 13.7. The highest BCUT2D eigenvalue weighted by Crippen LogP contribution is 2.40. The third kappa shape index (κ3) is 5.75. The molecule has 2 aromatic carbocycles. The maximum atomic E-state index is 12.9. The van der Waals surface area contributed by atoms with Gasteiger partial charge in [-0.3, -0.25) is 14.4 Å². The predicted molar refractivity (Wildman–Crippen MR) is 134 cm³/mol. The number of carbonyl (C=O) groups is 4. The Morgan fingerprint density at radius 2 is 1.75 bits per heavy atom. The van der Waals surface area contributed by atoms with E-state index < -0.39 is 29.7 Å². The zero-order chi connectivity index (χ0) is 26.4. The summed E-state index contributed by atoms with van der Waals surface area (Å²) in [5, 5.41) is 15.6. The minimum absolute atomic E-state index is 0.0788. The van der Waals surface area contributed by atoms with Crippen LogP contribution in [0.1, 0.15) is 33.0 Å². The summed E-state index contributed by atoms with van der Waals surface area (Å²) >= 11 is 0.987. The molecule has 1 aliphatic heterocycles. The zero-order valence-electron chi connectivity index (χ0n) is 20.2. The fraction of sp³-hybridized carbons (Fsp3) is 0.269. The Balaban J connectivity index is 1.90. The minimum Gasteiger partial charge on any atom is -0.468 e. The maximum absolute atomic E-state index is 12.9. The molecule has 2 amide bonds. The SMILES string of the molecule is COC(=O)c1ccc([C@H]2C(C#N)=C(SCC(=O)Nc3ccc(C)c(C)c3)NC(=O)[C@@H]2C(=O)OC)cc1. The second kappa shape index (κ2) is 11.6. The van der Waals surface area contributed by atoms with Gasteiger partial charge in [0.2, 0.25) is 11.8 Å². The first-order valence-corrected chi connectivity index (χ1v) is 11.9. The molecular formula is C26H25N3O6S. The molecule has 0 fully saturated rings. The quantitative estimate of drug-likeness (QED) is 0.431. The van der Waals surface area contributed by atoms with E-state index in [9.17, 15) is 24.4 Å². The first-order valence-electron chi connectivity index (χ1n) is 10.9. The highest BCUT2D eigenvalue weighted by atomic mass is 32.2. The molecule has 36 heavy (non-hydrogen) atoms. The number of amides is 2. The van der Waals surface area contributed by atoms with Crippen LogP contribution in [0.3, 0.4) is 0 Å². The molecule has 1 heterocycles. The first-order chi connectivity index (χ1) is 17.2. The van der Waals surface area contributed by atoms with E-state index in [1.54, 1.807) is 18.2 Å². The molecule has 1 aliphatic rings. The summed E-state index contributed by atoms with van der Waals surface area (Å²) in [5.41, 5.74) is 3.62. The van der Waals surface area contributed by atoms with Crippen molar-refractivity contribution in [3.63, 3.8) is 0 Å². The lowest BCUT2D eigenvalue weighted by Crippen LogP contribution is -2.44. The summed E-state index contributed by atoms with van der Waals surface area (Å²) < 4.78 is 9.53. The van der Waals surface area contributed by atoms with Crippen LogP contribution < -0.4 is 10.6 Å². The van der Waals surface area contributed by atoms with Crippen molar-refractivity contribution >= 4 is 41.2 Å². The number of nitriles is 1. The number of benzene rings is 2. The standard InChI is InChI=1S/C26H25N3O6S/c1-14-5-10-18(11-15(14)2)28-20(30)13-36-24-19(12-27)21(22(23(31)29-24)26(33)35-4)16-6-8-17(9-7-16)25(32)34-3/h5-11,21-22H,13H2,1-4H3,(H,28,30)(H,29,31)/t21-,22+/m0/s1. The minimum atomic E-state index is -1.32. The molecular weight excluding hydrogens is 482 g/mol. The van der Waals surface area contributed by atoms with E-state index >= 15 is 0 Å². The van der Waals surface area contributed by atoms with Gasteiger partial charge in [0.05, 0.1) is 42.2 Å². The summed E-state index contributed by atoms with van der Waals surface area (Å²) in [4.78, 5) is 49.8. The fourth-order valence-corrected chi connectivity index (χ4v) is 4.63. The van der Waals surface area contributed by atoms with Crippen LogP contribution >= 0.6 is 11.8 Å². The Morgan fingerprint density at radius 3 is 2.33 bits per heavy atom. The molecule has 0 spiro atoms. The third-order valence-electron chi connectivity index (χ3n) is 5.81. The smallest absolute Gasteiger partial charge is 0.337 e. The van der Waals surface area contributed by atoms with Crippen molar-refractivity contribution in [2.24, 2.45) is 5.92 Å². The van der Waals surface area contributed by atoms with Crippen LogP contribution in [0.25, 0.3) is 0 Å². The van der Waals surface area contributed by atoms with Crippen LogP contribution in [-0.4, -0.2) is 43.7 Å². The molecule has 2 N–H and O–H groups in total. The number of carbonyl (C=O) groups excluding carboxylic acids is 4. The molecule has 2 atom stereocenters. The number of esters is 2. The molecule has 186 valence electrons. The van der Waals surface area contributed by atoms with Crippen molar-refractivity contribution in [3.05, 3.63) is 75.3 Å². The number of aryl methyl sites for hydroxylation is 2. The molecule has 9 nitrogen and oxygen atoms in total. The van der Waals surface area contributed by atoms with Gasteiger partial charge in [-0.05, 0) is 54.8 Å². The van der Waals surface area contributed by atoms with E-state index in [1.165, 1.54) is 19.2 Å². The fourth-order valence-electron chi connectivity index (χ4n) is 3.78. The lowest BCUT2D eigenvalue weighted by atomic mass is 9.78. The molecule has 0 bridgehead atoms. The van der Waals surface area contributed by atoms with Crippen molar-refractivity contribution in [2.45, 2.75) is 19.8 Å². The Labute approximate surface area is 212 Å². The van der Waals surface area contributed by atoms with E-state index in [1.807, 2.05) is 26.0 Å². The van der Waals surface area contributed by atoms with E-state index in [0.29, 0.717) is 11.3 Å². The van der Waals surface area contributed by atoms with E-state index in [0.717, 1.165) is 30.0 Å². The number of thioether (sulfide) groups is 1. The van der Waals surface area contributed by atoms with Gasteiger partial charge in [0.25, 0.3) is 0 Å². The van der Waals surface area contributed by atoms with Gasteiger partial charge in [0, 0.05) is 11.6 Å². The van der Waals surface area contributed by atoms with E-state index in [-0.39, 0.29) is 27.8 Å². The van der Waals surface area contributed by atoms with Crippen molar-refractivity contribution < 1.29 is 28.7 Å². The van der Waals surface area contributed by atoms with Crippen molar-refractivity contribution in [1.82, 2.24) is 5.32 Å². The van der Waals surface area contributed by atoms with E-state index in [2.05, 4.69) is 16.7 Å². The molecule has 3 rings (SSSR count). The van der Waals surface area contributed by atoms with Crippen LogP contribution in [0.15, 0.2) is 53.1 Å². The van der Waals surface area contributed by atoms with Crippen molar-refractivity contribution in [1.29, 1.82) is 5.26 Å². The molecule has 0 aromatic heterocycles. The lowest BCUT2D eigenvalue weighted by molar-refractivity contribution is -0.150. The first kappa shape index (κ1) is 26.5. The van der Waals surface area contributed by atoms with Crippen LogP contribution in [0, 0.1) is 31.1 Å². The second-order valence-electron chi connectivity index (χ2n) is 8.07. The highest BCUT2D eigenvalue weighted by molar-refractivity contribution is 8.03. The van der Waals surface area contributed by atoms with E-state index in [4.69, 9.17) is 9.47 Å². The van der Waals surface area contributed by atoms with Gasteiger partial charge in [-0.1, -0.05) is 30.0 Å². The molecule has 0 aliphatic carbocycles. The number of ether oxygens (including phenoxy) is 2. The summed E-state index contributed by atoms with van der Waals surface area (Å²) in [6.07, 6.45) is 0. The number of nitrogens with one attached hydrogen (secondary N) is 2. The number of hydrogen-bond acceptors (Lipinski definition) is 8.